The number of hydrogen-bond acceptors (Lipinski definition) is 3. The van der Waals surface area contributed by atoms with E-state index in [1.165, 1.54) is 17.0 Å². The van der Waals surface area contributed by atoms with Crippen molar-refractivity contribution in [2.75, 3.05) is 13.1 Å². The SMILES string of the molecule is Fc1cccc(-c2[nH]ncc2CN2CCC(c3c[nH]c4ncccc34)CC2)c1. The third kappa shape index (κ3) is 3.20. The fourth-order valence-electron chi connectivity index (χ4n) is 4.28. The molecule has 4 heterocycles. The second-order valence-corrected chi connectivity index (χ2v) is 7.47. The van der Waals surface area contributed by atoms with Gasteiger partial charge < -0.3 is 4.98 Å². The Labute approximate surface area is 162 Å². The highest BCUT2D eigenvalue weighted by molar-refractivity contribution is 5.80. The Morgan fingerprint density at radius 3 is 2.89 bits per heavy atom. The Balaban J connectivity index is 1.28. The summed E-state index contributed by atoms with van der Waals surface area (Å²) >= 11 is 0. The summed E-state index contributed by atoms with van der Waals surface area (Å²) in [6, 6.07) is 10.8. The summed E-state index contributed by atoms with van der Waals surface area (Å²) < 4.78 is 13.6. The van der Waals surface area contributed by atoms with Gasteiger partial charge in [-0.25, -0.2) is 9.37 Å². The van der Waals surface area contributed by atoms with Gasteiger partial charge in [-0.2, -0.15) is 5.10 Å². The van der Waals surface area contributed by atoms with Crippen LogP contribution in [0.15, 0.2) is 55.0 Å². The molecule has 6 heteroatoms. The molecule has 0 atom stereocenters. The molecule has 28 heavy (non-hydrogen) atoms. The van der Waals surface area contributed by atoms with Crippen LogP contribution in [0.5, 0.6) is 0 Å². The van der Waals surface area contributed by atoms with E-state index in [0.29, 0.717) is 5.92 Å². The van der Waals surface area contributed by atoms with E-state index in [2.05, 4.69) is 37.3 Å². The number of pyridine rings is 1. The van der Waals surface area contributed by atoms with E-state index in [9.17, 15) is 4.39 Å². The molecule has 5 rings (SSSR count). The normalized spacial score (nSPS) is 16.0. The van der Waals surface area contributed by atoms with Crippen molar-refractivity contribution in [1.29, 1.82) is 0 Å². The van der Waals surface area contributed by atoms with E-state index in [-0.39, 0.29) is 5.82 Å². The lowest BCUT2D eigenvalue weighted by Crippen LogP contribution is -2.32. The molecule has 1 aliphatic heterocycles. The van der Waals surface area contributed by atoms with Crippen LogP contribution in [0.2, 0.25) is 0 Å². The van der Waals surface area contributed by atoms with Crippen LogP contribution in [0, 0.1) is 5.82 Å². The maximum Gasteiger partial charge on any atom is 0.137 e. The molecule has 1 saturated heterocycles. The molecule has 0 radical (unpaired) electrons. The van der Waals surface area contributed by atoms with E-state index in [4.69, 9.17) is 0 Å². The van der Waals surface area contributed by atoms with Crippen molar-refractivity contribution in [3.05, 3.63) is 71.9 Å². The minimum atomic E-state index is -0.230. The highest BCUT2D eigenvalue weighted by Gasteiger charge is 2.24. The van der Waals surface area contributed by atoms with Crippen LogP contribution in [-0.4, -0.2) is 38.2 Å². The highest BCUT2D eigenvalue weighted by Crippen LogP contribution is 2.33. The van der Waals surface area contributed by atoms with Crippen molar-refractivity contribution in [2.45, 2.75) is 25.3 Å². The van der Waals surface area contributed by atoms with Crippen molar-refractivity contribution < 1.29 is 4.39 Å². The molecule has 0 unspecified atom stereocenters. The predicted octanol–water partition coefficient (Wildman–Crippen LogP) is 4.47. The van der Waals surface area contributed by atoms with Gasteiger partial charge in [-0.05, 0) is 61.7 Å². The Morgan fingerprint density at radius 2 is 2.04 bits per heavy atom. The smallest absolute Gasteiger partial charge is 0.137 e. The average molecular weight is 375 g/mol. The van der Waals surface area contributed by atoms with E-state index in [0.717, 1.165) is 54.9 Å². The molecule has 4 aromatic rings. The van der Waals surface area contributed by atoms with Gasteiger partial charge in [-0.3, -0.25) is 10.00 Å². The zero-order valence-corrected chi connectivity index (χ0v) is 15.5. The summed E-state index contributed by atoms with van der Waals surface area (Å²) in [7, 11) is 0. The molecule has 1 aliphatic rings. The first kappa shape index (κ1) is 17.1. The molecule has 0 spiro atoms. The van der Waals surface area contributed by atoms with Crippen LogP contribution in [0.25, 0.3) is 22.3 Å². The second-order valence-electron chi connectivity index (χ2n) is 7.47. The van der Waals surface area contributed by atoms with E-state index in [1.807, 2.05) is 24.5 Å². The number of rotatable bonds is 4. The zero-order chi connectivity index (χ0) is 18.9. The Bertz CT molecular complexity index is 1090. The van der Waals surface area contributed by atoms with Crippen LogP contribution in [-0.2, 0) is 6.54 Å². The van der Waals surface area contributed by atoms with Gasteiger partial charge in [0.25, 0.3) is 0 Å². The van der Waals surface area contributed by atoms with Gasteiger partial charge in [0, 0.05) is 35.5 Å². The molecule has 0 saturated carbocycles. The van der Waals surface area contributed by atoms with Gasteiger partial charge in [0.1, 0.15) is 11.5 Å². The van der Waals surface area contributed by atoms with Crippen molar-refractivity contribution >= 4 is 11.0 Å². The number of hydrogen-bond donors (Lipinski definition) is 2. The molecular formula is C22H22FN5. The topological polar surface area (TPSA) is 60.6 Å². The molecule has 5 nitrogen and oxygen atoms in total. The molecule has 2 N–H and O–H groups in total. The first-order valence-electron chi connectivity index (χ1n) is 9.70. The van der Waals surface area contributed by atoms with Crippen molar-refractivity contribution in [3.63, 3.8) is 0 Å². The lowest BCUT2D eigenvalue weighted by Gasteiger charge is -2.31. The van der Waals surface area contributed by atoms with Gasteiger partial charge in [-0.1, -0.05) is 12.1 Å². The standard InChI is InChI=1S/C22H22FN5/c23-18-4-1-3-16(11-18)21-17(12-26-27-21)14-28-9-6-15(7-10-28)20-13-25-22-19(20)5-2-8-24-22/h1-5,8,11-13,15H,6-7,9-10,14H2,(H,24,25)(H,26,27). The van der Waals surface area contributed by atoms with Crippen LogP contribution in [0.4, 0.5) is 4.39 Å². The minimum Gasteiger partial charge on any atom is -0.346 e. The first-order valence-corrected chi connectivity index (χ1v) is 9.70. The van der Waals surface area contributed by atoms with Crippen LogP contribution < -0.4 is 0 Å². The van der Waals surface area contributed by atoms with Gasteiger partial charge >= 0.3 is 0 Å². The maximum absolute atomic E-state index is 13.6. The van der Waals surface area contributed by atoms with Crippen LogP contribution in [0.1, 0.15) is 29.9 Å². The van der Waals surface area contributed by atoms with Gasteiger partial charge in [0.15, 0.2) is 0 Å². The summed E-state index contributed by atoms with van der Waals surface area (Å²) in [4.78, 5) is 10.2. The number of nitrogens with zero attached hydrogens (tertiary/aromatic N) is 3. The molecule has 1 fully saturated rings. The number of likely N-dealkylation sites (tertiary alicyclic amines) is 1. The molecule has 0 aliphatic carbocycles. The summed E-state index contributed by atoms with van der Waals surface area (Å²) in [6.07, 6.45) is 8.05. The fourth-order valence-corrected chi connectivity index (χ4v) is 4.28. The summed E-state index contributed by atoms with van der Waals surface area (Å²) in [5, 5.41) is 8.47. The molecular weight excluding hydrogens is 353 g/mol. The van der Waals surface area contributed by atoms with E-state index in [1.54, 1.807) is 12.1 Å². The van der Waals surface area contributed by atoms with Gasteiger partial charge in [0.05, 0.1) is 11.9 Å². The molecule has 0 amide bonds. The van der Waals surface area contributed by atoms with E-state index >= 15 is 0 Å². The largest absolute Gasteiger partial charge is 0.346 e. The van der Waals surface area contributed by atoms with E-state index < -0.39 is 0 Å². The summed E-state index contributed by atoms with van der Waals surface area (Å²) in [5.41, 5.74) is 5.21. The number of halogens is 1. The number of nitrogens with one attached hydrogen (secondary N) is 2. The Hall–Kier alpha value is -2.99. The average Bonchev–Trinajstić information content (AvgIpc) is 3.36. The lowest BCUT2D eigenvalue weighted by atomic mass is 9.89. The Morgan fingerprint density at radius 1 is 1.14 bits per heavy atom. The van der Waals surface area contributed by atoms with Crippen molar-refractivity contribution in [3.8, 4) is 11.3 Å². The van der Waals surface area contributed by atoms with Crippen molar-refractivity contribution in [2.24, 2.45) is 0 Å². The lowest BCUT2D eigenvalue weighted by molar-refractivity contribution is 0.205. The monoisotopic (exact) mass is 375 g/mol. The third-order valence-corrected chi connectivity index (χ3v) is 5.74. The van der Waals surface area contributed by atoms with Gasteiger partial charge in [-0.15, -0.1) is 0 Å². The molecule has 142 valence electrons. The van der Waals surface area contributed by atoms with Crippen LogP contribution in [0.3, 0.4) is 0 Å². The number of piperidine rings is 1. The van der Waals surface area contributed by atoms with Crippen molar-refractivity contribution in [1.82, 2.24) is 25.1 Å². The molecule has 1 aromatic carbocycles. The number of fused-ring (bicyclic) bond motifs is 1. The number of benzene rings is 1. The minimum absolute atomic E-state index is 0.230. The number of aromatic amines is 2. The second kappa shape index (κ2) is 7.20. The summed E-state index contributed by atoms with van der Waals surface area (Å²) in [5.74, 6) is 0.327. The number of aromatic nitrogens is 4. The first-order chi connectivity index (χ1) is 13.8. The summed E-state index contributed by atoms with van der Waals surface area (Å²) in [6.45, 7) is 2.89. The quantitative estimate of drug-likeness (QED) is 0.553. The third-order valence-electron chi connectivity index (χ3n) is 5.74. The predicted molar refractivity (Wildman–Crippen MR) is 107 cm³/mol. The fraction of sp³-hybridized carbons (Fsp3) is 0.273. The molecule has 0 bridgehead atoms. The Kier molecular flexibility index (Phi) is 4.41. The maximum atomic E-state index is 13.6. The molecule has 3 aromatic heterocycles. The van der Waals surface area contributed by atoms with Gasteiger partial charge in [0.2, 0.25) is 0 Å². The van der Waals surface area contributed by atoms with Crippen LogP contribution >= 0.6 is 0 Å². The zero-order valence-electron chi connectivity index (χ0n) is 15.5. The highest BCUT2D eigenvalue weighted by atomic mass is 19.1. The number of H-pyrrole nitrogens is 2.